The van der Waals surface area contributed by atoms with Crippen molar-refractivity contribution in [2.24, 2.45) is 0 Å². The molecule has 19 heavy (non-hydrogen) atoms. The molecule has 0 saturated carbocycles. The minimum Gasteiger partial charge on any atom is -0.343 e. The van der Waals surface area contributed by atoms with Crippen molar-refractivity contribution in [3.05, 3.63) is 34.1 Å². The van der Waals surface area contributed by atoms with E-state index in [1.54, 1.807) is 4.90 Å². The predicted octanol–water partition coefficient (Wildman–Crippen LogP) is 1.94. The van der Waals surface area contributed by atoms with Crippen LogP contribution in [0.1, 0.15) is 23.2 Å². The normalized spacial score (nSPS) is 14.5. The summed E-state index contributed by atoms with van der Waals surface area (Å²) in [5, 5.41) is 2.45. The van der Waals surface area contributed by atoms with Gasteiger partial charge in [-0.2, -0.15) is 0 Å². The van der Waals surface area contributed by atoms with Gasteiger partial charge in [-0.05, 0) is 31.0 Å². The van der Waals surface area contributed by atoms with Crippen molar-refractivity contribution in [2.75, 3.05) is 19.6 Å². The number of carbonyl (C=O) groups excluding carboxylic acids is 2. The number of benzene rings is 1. The molecular formula is C13H14BrFN2O2. The van der Waals surface area contributed by atoms with Gasteiger partial charge in [0, 0.05) is 17.6 Å². The number of hydrogen-bond acceptors (Lipinski definition) is 2. The van der Waals surface area contributed by atoms with E-state index < -0.39 is 11.7 Å². The molecule has 0 bridgehead atoms. The van der Waals surface area contributed by atoms with Crippen LogP contribution in [0.25, 0.3) is 0 Å². The van der Waals surface area contributed by atoms with Gasteiger partial charge in [-0.1, -0.05) is 15.9 Å². The molecule has 1 aliphatic rings. The molecule has 0 aromatic heterocycles. The third-order valence-electron chi connectivity index (χ3n) is 3.03. The number of hydrogen-bond donors (Lipinski definition) is 1. The van der Waals surface area contributed by atoms with Crippen molar-refractivity contribution < 1.29 is 14.0 Å². The fourth-order valence-electron chi connectivity index (χ4n) is 2.00. The highest BCUT2D eigenvalue weighted by molar-refractivity contribution is 9.10. The SMILES string of the molecule is O=C(NCC(=O)N1CCCC1)c1cc(Br)ccc1F. The van der Waals surface area contributed by atoms with Crippen LogP contribution in [0.5, 0.6) is 0 Å². The summed E-state index contributed by atoms with van der Waals surface area (Å²) in [5.74, 6) is -1.30. The van der Waals surface area contributed by atoms with E-state index in [1.807, 2.05) is 0 Å². The van der Waals surface area contributed by atoms with Crippen LogP contribution in [0.3, 0.4) is 0 Å². The lowest BCUT2D eigenvalue weighted by Crippen LogP contribution is -2.38. The Morgan fingerprint density at radius 2 is 2.00 bits per heavy atom. The summed E-state index contributed by atoms with van der Waals surface area (Å²) >= 11 is 3.18. The van der Waals surface area contributed by atoms with E-state index in [0.717, 1.165) is 25.9 Å². The number of likely N-dealkylation sites (tertiary alicyclic amines) is 1. The quantitative estimate of drug-likeness (QED) is 0.921. The third kappa shape index (κ3) is 3.53. The minimum atomic E-state index is -0.602. The molecule has 0 aliphatic carbocycles. The van der Waals surface area contributed by atoms with Gasteiger partial charge in [0.2, 0.25) is 5.91 Å². The number of halogens is 2. The fourth-order valence-corrected chi connectivity index (χ4v) is 2.36. The molecule has 1 aromatic rings. The molecule has 102 valence electrons. The van der Waals surface area contributed by atoms with Gasteiger partial charge in [-0.25, -0.2) is 4.39 Å². The summed E-state index contributed by atoms with van der Waals surface area (Å²) in [5.41, 5.74) is -0.0661. The lowest BCUT2D eigenvalue weighted by molar-refractivity contribution is -0.129. The van der Waals surface area contributed by atoms with Crippen molar-refractivity contribution >= 4 is 27.7 Å². The Hall–Kier alpha value is -1.43. The molecule has 2 rings (SSSR count). The van der Waals surface area contributed by atoms with Gasteiger partial charge in [-0.3, -0.25) is 9.59 Å². The van der Waals surface area contributed by atoms with Crippen molar-refractivity contribution in [1.82, 2.24) is 10.2 Å². The van der Waals surface area contributed by atoms with Crippen LogP contribution in [0, 0.1) is 5.82 Å². The van der Waals surface area contributed by atoms with Crippen molar-refractivity contribution in [3.8, 4) is 0 Å². The monoisotopic (exact) mass is 328 g/mol. The number of nitrogens with one attached hydrogen (secondary N) is 1. The Morgan fingerprint density at radius 3 is 2.68 bits per heavy atom. The molecule has 1 aliphatic heterocycles. The summed E-state index contributed by atoms with van der Waals surface area (Å²) in [7, 11) is 0. The second kappa shape index (κ2) is 6.14. The molecule has 2 amide bonds. The summed E-state index contributed by atoms with van der Waals surface area (Å²) in [4.78, 5) is 25.2. The molecule has 1 heterocycles. The second-order valence-corrected chi connectivity index (χ2v) is 5.31. The number of rotatable bonds is 3. The molecule has 0 atom stereocenters. The molecule has 1 saturated heterocycles. The second-order valence-electron chi connectivity index (χ2n) is 4.39. The topological polar surface area (TPSA) is 49.4 Å². The van der Waals surface area contributed by atoms with E-state index in [9.17, 15) is 14.0 Å². The van der Waals surface area contributed by atoms with E-state index in [1.165, 1.54) is 18.2 Å². The smallest absolute Gasteiger partial charge is 0.254 e. The van der Waals surface area contributed by atoms with Crippen LogP contribution in [-0.4, -0.2) is 36.3 Å². The summed E-state index contributed by atoms with van der Waals surface area (Å²) in [6, 6.07) is 4.12. The molecule has 1 fully saturated rings. The Kier molecular flexibility index (Phi) is 4.52. The van der Waals surface area contributed by atoms with Gasteiger partial charge < -0.3 is 10.2 Å². The Morgan fingerprint density at radius 1 is 1.32 bits per heavy atom. The zero-order chi connectivity index (χ0) is 13.8. The van der Waals surface area contributed by atoms with Crippen molar-refractivity contribution in [3.63, 3.8) is 0 Å². The Bertz CT molecular complexity index is 501. The van der Waals surface area contributed by atoms with Crippen LogP contribution in [0.15, 0.2) is 22.7 Å². The largest absolute Gasteiger partial charge is 0.343 e. The molecule has 0 unspecified atom stereocenters. The fraction of sp³-hybridized carbons (Fsp3) is 0.385. The van der Waals surface area contributed by atoms with Gasteiger partial charge in [0.25, 0.3) is 5.91 Å². The summed E-state index contributed by atoms with van der Waals surface area (Å²) in [6.07, 6.45) is 2.00. The molecule has 0 radical (unpaired) electrons. The molecular weight excluding hydrogens is 315 g/mol. The number of amides is 2. The van der Waals surface area contributed by atoms with Gasteiger partial charge in [0.05, 0.1) is 12.1 Å². The van der Waals surface area contributed by atoms with Gasteiger partial charge >= 0.3 is 0 Å². The first kappa shape index (κ1) is 14.0. The van der Waals surface area contributed by atoms with Crippen LogP contribution in [0.2, 0.25) is 0 Å². The molecule has 1 aromatic carbocycles. The first-order chi connectivity index (χ1) is 9.08. The van der Waals surface area contributed by atoms with Crippen LogP contribution in [-0.2, 0) is 4.79 Å². The zero-order valence-electron chi connectivity index (χ0n) is 10.3. The van der Waals surface area contributed by atoms with E-state index in [2.05, 4.69) is 21.2 Å². The highest BCUT2D eigenvalue weighted by atomic mass is 79.9. The zero-order valence-corrected chi connectivity index (χ0v) is 11.9. The predicted molar refractivity (Wildman–Crippen MR) is 72.2 cm³/mol. The summed E-state index contributed by atoms with van der Waals surface area (Å²) in [6.45, 7) is 1.38. The highest BCUT2D eigenvalue weighted by Gasteiger charge is 2.19. The molecule has 4 nitrogen and oxygen atoms in total. The van der Waals surface area contributed by atoms with Crippen LogP contribution < -0.4 is 5.32 Å². The Labute approximate surface area is 119 Å². The first-order valence-corrected chi connectivity index (χ1v) is 6.88. The maximum atomic E-state index is 13.5. The van der Waals surface area contributed by atoms with Gasteiger partial charge in [0.15, 0.2) is 0 Å². The molecule has 6 heteroatoms. The number of nitrogens with zero attached hydrogens (tertiary/aromatic N) is 1. The van der Waals surface area contributed by atoms with Crippen molar-refractivity contribution in [2.45, 2.75) is 12.8 Å². The minimum absolute atomic E-state index is 0.0661. The van der Waals surface area contributed by atoms with Gasteiger partial charge in [-0.15, -0.1) is 0 Å². The average molecular weight is 329 g/mol. The standard InChI is InChI=1S/C13H14BrFN2O2/c14-9-3-4-11(15)10(7-9)13(19)16-8-12(18)17-5-1-2-6-17/h3-4,7H,1-2,5-6,8H2,(H,16,19). The van der Waals surface area contributed by atoms with E-state index >= 15 is 0 Å². The molecule has 0 spiro atoms. The first-order valence-electron chi connectivity index (χ1n) is 6.09. The maximum Gasteiger partial charge on any atom is 0.254 e. The molecule has 1 N–H and O–H groups in total. The van der Waals surface area contributed by atoms with E-state index in [4.69, 9.17) is 0 Å². The highest BCUT2D eigenvalue weighted by Crippen LogP contribution is 2.15. The summed E-state index contributed by atoms with van der Waals surface area (Å²) < 4.78 is 14.1. The lowest BCUT2D eigenvalue weighted by Gasteiger charge is -2.15. The third-order valence-corrected chi connectivity index (χ3v) is 3.53. The van der Waals surface area contributed by atoms with E-state index in [0.29, 0.717) is 4.47 Å². The van der Waals surface area contributed by atoms with Crippen molar-refractivity contribution in [1.29, 1.82) is 0 Å². The van der Waals surface area contributed by atoms with E-state index in [-0.39, 0.29) is 18.0 Å². The van der Waals surface area contributed by atoms with Gasteiger partial charge in [0.1, 0.15) is 5.82 Å². The number of carbonyl (C=O) groups is 2. The maximum absolute atomic E-state index is 13.5. The van der Waals surface area contributed by atoms with Crippen LogP contribution in [0.4, 0.5) is 4.39 Å². The van der Waals surface area contributed by atoms with Crippen LogP contribution >= 0.6 is 15.9 Å². The lowest BCUT2D eigenvalue weighted by atomic mass is 10.2. The average Bonchev–Trinajstić information content (AvgIpc) is 2.92. The Balaban J connectivity index is 1.93.